The Morgan fingerprint density at radius 3 is 2.44 bits per heavy atom. The molecule has 0 radical (unpaired) electrons. The molecular formula is C22H18N4O. The van der Waals surface area contributed by atoms with Crippen molar-refractivity contribution in [3.63, 3.8) is 0 Å². The van der Waals surface area contributed by atoms with Crippen LogP contribution in [0.25, 0.3) is 28.2 Å². The summed E-state index contributed by atoms with van der Waals surface area (Å²) >= 11 is 0. The predicted octanol–water partition coefficient (Wildman–Crippen LogP) is 3.96. The molecule has 0 aliphatic heterocycles. The van der Waals surface area contributed by atoms with Crippen LogP contribution in [0.4, 0.5) is 0 Å². The lowest BCUT2D eigenvalue weighted by molar-refractivity contribution is 0.0951. The SMILES string of the molecule is O=C(NC1CC1)c1ccc(-c2cn3c(-c4ccccc4)cnc3cn2)cc1. The van der Waals surface area contributed by atoms with E-state index in [4.69, 9.17) is 0 Å². The zero-order valence-electron chi connectivity index (χ0n) is 14.7. The number of imidazole rings is 1. The first-order valence-electron chi connectivity index (χ1n) is 9.08. The summed E-state index contributed by atoms with van der Waals surface area (Å²) in [5.41, 5.74) is 5.42. The first-order valence-corrected chi connectivity index (χ1v) is 9.08. The maximum absolute atomic E-state index is 12.1. The van der Waals surface area contributed by atoms with E-state index in [0.717, 1.165) is 41.0 Å². The number of nitrogens with zero attached hydrogens (tertiary/aromatic N) is 3. The minimum Gasteiger partial charge on any atom is -0.349 e. The zero-order valence-corrected chi connectivity index (χ0v) is 14.7. The molecule has 2 aromatic heterocycles. The number of benzene rings is 2. The largest absolute Gasteiger partial charge is 0.349 e. The summed E-state index contributed by atoms with van der Waals surface area (Å²) in [4.78, 5) is 21.1. The van der Waals surface area contributed by atoms with Gasteiger partial charge in [0.15, 0.2) is 5.65 Å². The highest BCUT2D eigenvalue weighted by Gasteiger charge is 2.23. The molecule has 1 N–H and O–H groups in total. The highest BCUT2D eigenvalue weighted by atomic mass is 16.1. The van der Waals surface area contributed by atoms with Crippen LogP contribution >= 0.6 is 0 Å². The summed E-state index contributed by atoms with van der Waals surface area (Å²) in [7, 11) is 0. The number of fused-ring (bicyclic) bond motifs is 1. The van der Waals surface area contributed by atoms with Crippen molar-refractivity contribution in [3.8, 4) is 22.5 Å². The first-order chi connectivity index (χ1) is 13.3. The molecule has 4 aromatic rings. The Balaban J connectivity index is 1.48. The van der Waals surface area contributed by atoms with Crippen LogP contribution in [0.3, 0.4) is 0 Å². The molecule has 0 saturated heterocycles. The van der Waals surface area contributed by atoms with Crippen molar-refractivity contribution in [1.82, 2.24) is 19.7 Å². The second kappa shape index (κ2) is 6.36. The Bertz CT molecular complexity index is 1110. The van der Waals surface area contributed by atoms with Gasteiger partial charge in [-0.15, -0.1) is 0 Å². The van der Waals surface area contributed by atoms with Gasteiger partial charge in [0.05, 0.1) is 23.8 Å². The Morgan fingerprint density at radius 2 is 1.70 bits per heavy atom. The molecule has 27 heavy (non-hydrogen) atoms. The van der Waals surface area contributed by atoms with Gasteiger partial charge in [-0.05, 0) is 25.0 Å². The molecule has 0 unspecified atom stereocenters. The molecule has 2 aromatic carbocycles. The molecule has 1 aliphatic rings. The maximum atomic E-state index is 12.1. The number of carbonyl (C=O) groups excluding carboxylic acids is 1. The number of rotatable bonds is 4. The molecule has 5 nitrogen and oxygen atoms in total. The van der Waals surface area contributed by atoms with Gasteiger partial charge in [-0.1, -0.05) is 42.5 Å². The molecule has 1 aliphatic carbocycles. The summed E-state index contributed by atoms with van der Waals surface area (Å²) in [6, 6.07) is 18.1. The second-order valence-electron chi connectivity index (χ2n) is 6.84. The summed E-state index contributed by atoms with van der Waals surface area (Å²) < 4.78 is 2.05. The minimum atomic E-state index is -0.00608. The highest BCUT2D eigenvalue weighted by molar-refractivity contribution is 5.95. The number of carbonyl (C=O) groups is 1. The van der Waals surface area contributed by atoms with Gasteiger partial charge < -0.3 is 5.32 Å². The van der Waals surface area contributed by atoms with Gasteiger partial charge in [0.25, 0.3) is 5.91 Å². The van der Waals surface area contributed by atoms with E-state index in [0.29, 0.717) is 11.6 Å². The standard InChI is InChI=1S/C22H18N4O/c27-22(25-18-10-11-18)17-8-6-15(7-9-17)19-14-26-20(12-24-21(26)13-23-19)16-4-2-1-3-5-16/h1-9,12-14,18H,10-11H2,(H,25,27). The Morgan fingerprint density at radius 1 is 0.926 bits per heavy atom. The number of nitrogens with one attached hydrogen (secondary N) is 1. The predicted molar refractivity (Wildman–Crippen MR) is 104 cm³/mol. The Hall–Kier alpha value is -3.47. The third-order valence-electron chi connectivity index (χ3n) is 4.82. The van der Waals surface area contributed by atoms with Crippen LogP contribution in [0.2, 0.25) is 0 Å². The van der Waals surface area contributed by atoms with E-state index < -0.39 is 0 Å². The molecule has 1 fully saturated rings. The van der Waals surface area contributed by atoms with Crippen LogP contribution in [-0.4, -0.2) is 26.3 Å². The van der Waals surface area contributed by atoms with Gasteiger partial charge in [-0.3, -0.25) is 14.2 Å². The molecule has 2 heterocycles. The molecule has 0 spiro atoms. The van der Waals surface area contributed by atoms with Gasteiger partial charge in [0.1, 0.15) is 0 Å². The average molecular weight is 354 g/mol. The van der Waals surface area contributed by atoms with Crippen LogP contribution in [0.15, 0.2) is 73.2 Å². The van der Waals surface area contributed by atoms with Crippen molar-refractivity contribution in [1.29, 1.82) is 0 Å². The molecule has 0 bridgehead atoms. The van der Waals surface area contributed by atoms with Gasteiger partial charge in [0.2, 0.25) is 0 Å². The first kappa shape index (κ1) is 15.8. The molecule has 1 saturated carbocycles. The normalized spacial score (nSPS) is 13.6. The van der Waals surface area contributed by atoms with Crippen LogP contribution in [-0.2, 0) is 0 Å². The van der Waals surface area contributed by atoms with Crippen LogP contribution < -0.4 is 5.32 Å². The lowest BCUT2D eigenvalue weighted by Gasteiger charge is -2.07. The average Bonchev–Trinajstić information content (AvgIpc) is 3.44. The highest BCUT2D eigenvalue weighted by Crippen LogP contribution is 2.24. The van der Waals surface area contributed by atoms with E-state index in [-0.39, 0.29) is 5.91 Å². The second-order valence-corrected chi connectivity index (χ2v) is 6.84. The fourth-order valence-corrected chi connectivity index (χ4v) is 3.15. The lowest BCUT2D eigenvalue weighted by atomic mass is 10.1. The topological polar surface area (TPSA) is 59.3 Å². The van der Waals surface area contributed by atoms with Crippen LogP contribution in [0.1, 0.15) is 23.2 Å². The Labute approximate surface area is 156 Å². The van der Waals surface area contributed by atoms with E-state index in [2.05, 4.69) is 27.4 Å². The summed E-state index contributed by atoms with van der Waals surface area (Å²) in [5.74, 6) is -0.00608. The van der Waals surface area contributed by atoms with E-state index in [1.165, 1.54) is 0 Å². The maximum Gasteiger partial charge on any atom is 0.251 e. The fraction of sp³-hybridized carbons (Fsp3) is 0.136. The van der Waals surface area contributed by atoms with Crippen molar-refractivity contribution in [2.45, 2.75) is 18.9 Å². The molecule has 5 heteroatoms. The van der Waals surface area contributed by atoms with Crippen molar-refractivity contribution >= 4 is 11.6 Å². The number of aromatic nitrogens is 3. The van der Waals surface area contributed by atoms with Gasteiger partial charge in [-0.25, -0.2) is 4.98 Å². The number of hydrogen-bond acceptors (Lipinski definition) is 3. The van der Waals surface area contributed by atoms with E-state index in [1.807, 2.05) is 59.3 Å². The van der Waals surface area contributed by atoms with Crippen LogP contribution in [0.5, 0.6) is 0 Å². The summed E-state index contributed by atoms with van der Waals surface area (Å²) in [5, 5.41) is 3.01. The molecule has 132 valence electrons. The minimum absolute atomic E-state index is 0.00608. The monoisotopic (exact) mass is 354 g/mol. The Kier molecular flexibility index (Phi) is 3.71. The van der Waals surface area contributed by atoms with Crippen molar-refractivity contribution < 1.29 is 4.79 Å². The quantitative estimate of drug-likeness (QED) is 0.603. The molecule has 0 atom stereocenters. The van der Waals surface area contributed by atoms with Crippen molar-refractivity contribution in [3.05, 3.63) is 78.8 Å². The number of hydrogen-bond donors (Lipinski definition) is 1. The van der Waals surface area contributed by atoms with Crippen molar-refractivity contribution in [2.24, 2.45) is 0 Å². The van der Waals surface area contributed by atoms with Gasteiger partial charge in [0, 0.05) is 28.9 Å². The lowest BCUT2D eigenvalue weighted by Crippen LogP contribution is -2.25. The van der Waals surface area contributed by atoms with Crippen molar-refractivity contribution in [2.75, 3.05) is 0 Å². The fourth-order valence-electron chi connectivity index (χ4n) is 3.15. The smallest absolute Gasteiger partial charge is 0.251 e. The van der Waals surface area contributed by atoms with Crippen LogP contribution in [0, 0.1) is 0 Å². The van der Waals surface area contributed by atoms with Gasteiger partial charge in [-0.2, -0.15) is 0 Å². The molecule has 1 amide bonds. The summed E-state index contributed by atoms with van der Waals surface area (Å²) in [6.07, 6.45) is 7.80. The van der Waals surface area contributed by atoms with Gasteiger partial charge >= 0.3 is 0 Å². The summed E-state index contributed by atoms with van der Waals surface area (Å²) in [6.45, 7) is 0. The third kappa shape index (κ3) is 3.08. The molecular weight excluding hydrogens is 336 g/mol. The van der Waals surface area contributed by atoms with E-state index in [1.54, 1.807) is 6.20 Å². The molecule has 5 rings (SSSR count). The zero-order chi connectivity index (χ0) is 18.2. The van der Waals surface area contributed by atoms with E-state index in [9.17, 15) is 4.79 Å². The van der Waals surface area contributed by atoms with E-state index >= 15 is 0 Å². The number of amides is 1. The third-order valence-corrected chi connectivity index (χ3v) is 4.82.